The standard InChI is InChI=1S/C6H11O3/c1-7-2-6-3-8-5-9-4-6/h5-6H,2-4H2,1H3. The molecule has 0 bridgehead atoms. The van der Waals surface area contributed by atoms with Gasteiger partial charge in [0.25, 0.3) is 0 Å². The monoisotopic (exact) mass is 131 g/mol. The van der Waals surface area contributed by atoms with Gasteiger partial charge in [-0.3, -0.25) is 0 Å². The van der Waals surface area contributed by atoms with Crippen LogP contribution in [0.4, 0.5) is 0 Å². The van der Waals surface area contributed by atoms with Crippen molar-refractivity contribution in [2.24, 2.45) is 5.92 Å². The Hall–Kier alpha value is -0.120. The van der Waals surface area contributed by atoms with Gasteiger partial charge in [0, 0.05) is 13.0 Å². The minimum absolute atomic E-state index is 0.403. The predicted octanol–water partition coefficient (Wildman–Crippen LogP) is 0.415. The van der Waals surface area contributed by atoms with Gasteiger partial charge < -0.3 is 14.2 Å². The lowest BCUT2D eigenvalue weighted by Gasteiger charge is -2.20. The largest absolute Gasteiger partial charge is 0.384 e. The number of hydrogen-bond donors (Lipinski definition) is 0. The first kappa shape index (κ1) is 6.99. The summed E-state index contributed by atoms with van der Waals surface area (Å²) in [7, 11) is 1.68. The van der Waals surface area contributed by atoms with E-state index in [4.69, 9.17) is 14.2 Å². The second-order valence-electron chi connectivity index (χ2n) is 2.08. The van der Waals surface area contributed by atoms with Crippen LogP contribution in [0, 0.1) is 12.7 Å². The number of methoxy groups -OCH3 is 1. The molecule has 1 saturated heterocycles. The van der Waals surface area contributed by atoms with Gasteiger partial charge in [-0.05, 0) is 0 Å². The summed E-state index contributed by atoms with van der Waals surface area (Å²) in [6.07, 6.45) is 0. The molecule has 0 aromatic heterocycles. The highest BCUT2D eigenvalue weighted by molar-refractivity contribution is 4.59. The van der Waals surface area contributed by atoms with Crippen molar-refractivity contribution in [2.75, 3.05) is 26.9 Å². The Morgan fingerprint density at radius 1 is 1.56 bits per heavy atom. The van der Waals surface area contributed by atoms with Crippen molar-refractivity contribution in [1.82, 2.24) is 0 Å². The normalized spacial score (nSPS) is 22.3. The van der Waals surface area contributed by atoms with E-state index in [1.807, 2.05) is 0 Å². The molecule has 0 aromatic carbocycles. The van der Waals surface area contributed by atoms with E-state index < -0.39 is 0 Å². The molecule has 3 heteroatoms. The van der Waals surface area contributed by atoms with Crippen LogP contribution >= 0.6 is 0 Å². The minimum atomic E-state index is 0.403. The van der Waals surface area contributed by atoms with Crippen LogP contribution in [0.1, 0.15) is 0 Å². The topological polar surface area (TPSA) is 27.7 Å². The zero-order valence-electron chi connectivity index (χ0n) is 5.50. The third-order valence-corrected chi connectivity index (χ3v) is 1.20. The Morgan fingerprint density at radius 3 is 2.78 bits per heavy atom. The number of hydrogen-bond acceptors (Lipinski definition) is 3. The van der Waals surface area contributed by atoms with Crippen molar-refractivity contribution in [2.45, 2.75) is 0 Å². The Balaban J connectivity index is 2.08. The molecule has 0 unspecified atom stereocenters. The van der Waals surface area contributed by atoms with Crippen LogP contribution in [0.15, 0.2) is 0 Å². The Bertz CT molecular complexity index is 65.9. The first-order chi connectivity index (χ1) is 4.43. The molecular formula is C6H11O3. The van der Waals surface area contributed by atoms with Crippen molar-refractivity contribution in [3.8, 4) is 0 Å². The van der Waals surface area contributed by atoms with Crippen LogP contribution < -0.4 is 0 Å². The van der Waals surface area contributed by atoms with Crippen molar-refractivity contribution < 1.29 is 14.2 Å². The van der Waals surface area contributed by atoms with Gasteiger partial charge >= 0.3 is 0 Å². The lowest BCUT2D eigenvalue weighted by atomic mass is 10.2. The van der Waals surface area contributed by atoms with E-state index in [9.17, 15) is 0 Å². The van der Waals surface area contributed by atoms with Gasteiger partial charge in [0.15, 0.2) is 0 Å². The molecule has 1 aliphatic heterocycles. The summed E-state index contributed by atoms with van der Waals surface area (Å²) in [6.45, 7) is 3.53. The molecule has 3 nitrogen and oxygen atoms in total. The molecule has 53 valence electrons. The molecule has 1 radical (unpaired) electrons. The van der Waals surface area contributed by atoms with Crippen molar-refractivity contribution >= 4 is 0 Å². The maximum Gasteiger partial charge on any atom is 0.209 e. The molecule has 1 heterocycles. The van der Waals surface area contributed by atoms with Crippen LogP contribution in [0.2, 0.25) is 0 Å². The molecule has 0 saturated carbocycles. The molecular weight excluding hydrogens is 120 g/mol. The summed E-state index contributed by atoms with van der Waals surface area (Å²) in [5.74, 6) is 0.403. The Labute approximate surface area is 54.9 Å². The van der Waals surface area contributed by atoms with Crippen LogP contribution in [-0.2, 0) is 14.2 Å². The highest BCUT2D eigenvalue weighted by Gasteiger charge is 2.13. The molecule has 1 rings (SSSR count). The zero-order chi connectivity index (χ0) is 6.53. The first-order valence-corrected chi connectivity index (χ1v) is 2.97. The summed E-state index contributed by atoms with van der Waals surface area (Å²) < 4.78 is 14.7. The van der Waals surface area contributed by atoms with E-state index >= 15 is 0 Å². The van der Waals surface area contributed by atoms with Gasteiger partial charge in [0.05, 0.1) is 19.8 Å². The average molecular weight is 131 g/mol. The fraction of sp³-hybridized carbons (Fsp3) is 0.833. The highest BCUT2D eigenvalue weighted by atomic mass is 16.7. The average Bonchev–Trinajstić information content (AvgIpc) is 1.91. The maximum atomic E-state index is 4.91. The molecule has 1 aliphatic rings. The van der Waals surface area contributed by atoms with Gasteiger partial charge in [-0.1, -0.05) is 0 Å². The summed E-state index contributed by atoms with van der Waals surface area (Å²) in [5.41, 5.74) is 0. The first-order valence-electron chi connectivity index (χ1n) is 2.97. The summed E-state index contributed by atoms with van der Waals surface area (Å²) in [4.78, 5) is 0. The van der Waals surface area contributed by atoms with Crippen LogP contribution in [-0.4, -0.2) is 26.9 Å². The zero-order valence-corrected chi connectivity index (χ0v) is 5.50. The fourth-order valence-corrected chi connectivity index (χ4v) is 0.779. The van der Waals surface area contributed by atoms with Crippen LogP contribution in [0.25, 0.3) is 0 Å². The van der Waals surface area contributed by atoms with Gasteiger partial charge in [-0.2, -0.15) is 0 Å². The summed E-state index contributed by atoms with van der Waals surface area (Å²) >= 11 is 0. The summed E-state index contributed by atoms with van der Waals surface area (Å²) in [6, 6.07) is 0. The van der Waals surface area contributed by atoms with Gasteiger partial charge in [-0.15, -0.1) is 0 Å². The van der Waals surface area contributed by atoms with Gasteiger partial charge in [0.2, 0.25) is 6.79 Å². The van der Waals surface area contributed by atoms with Crippen molar-refractivity contribution in [1.29, 1.82) is 0 Å². The lowest BCUT2D eigenvalue weighted by Crippen LogP contribution is -2.25. The minimum Gasteiger partial charge on any atom is -0.384 e. The molecule has 0 aliphatic carbocycles. The fourth-order valence-electron chi connectivity index (χ4n) is 0.779. The molecule has 1 fully saturated rings. The van der Waals surface area contributed by atoms with E-state index in [-0.39, 0.29) is 0 Å². The smallest absolute Gasteiger partial charge is 0.209 e. The summed E-state index contributed by atoms with van der Waals surface area (Å²) in [5, 5.41) is 0. The highest BCUT2D eigenvalue weighted by Crippen LogP contribution is 2.06. The van der Waals surface area contributed by atoms with Crippen molar-refractivity contribution in [3.63, 3.8) is 0 Å². The quantitative estimate of drug-likeness (QED) is 0.543. The predicted molar refractivity (Wildman–Crippen MR) is 31.6 cm³/mol. The molecule has 0 atom stereocenters. The van der Waals surface area contributed by atoms with E-state index in [1.165, 1.54) is 6.79 Å². The van der Waals surface area contributed by atoms with Gasteiger partial charge in [0.1, 0.15) is 0 Å². The van der Waals surface area contributed by atoms with E-state index in [2.05, 4.69) is 0 Å². The lowest BCUT2D eigenvalue weighted by molar-refractivity contribution is -0.0793. The van der Waals surface area contributed by atoms with E-state index in [0.29, 0.717) is 25.7 Å². The second-order valence-corrected chi connectivity index (χ2v) is 2.08. The Morgan fingerprint density at radius 2 is 2.22 bits per heavy atom. The van der Waals surface area contributed by atoms with Crippen molar-refractivity contribution in [3.05, 3.63) is 6.79 Å². The Kier molecular flexibility index (Phi) is 2.97. The number of rotatable bonds is 2. The van der Waals surface area contributed by atoms with E-state index in [1.54, 1.807) is 7.11 Å². The van der Waals surface area contributed by atoms with Crippen LogP contribution in [0.5, 0.6) is 0 Å². The molecule has 0 amide bonds. The SMILES string of the molecule is COCC1CO[CH]OC1. The number of ether oxygens (including phenoxy) is 3. The third kappa shape index (κ3) is 2.30. The van der Waals surface area contributed by atoms with Gasteiger partial charge in [-0.25, -0.2) is 0 Å². The van der Waals surface area contributed by atoms with E-state index in [0.717, 1.165) is 0 Å². The maximum absolute atomic E-state index is 4.91. The van der Waals surface area contributed by atoms with Crippen LogP contribution in [0.3, 0.4) is 0 Å². The third-order valence-electron chi connectivity index (χ3n) is 1.20. The molecule has 0 aromatic rings. The molecule has 9 heavy (non-hydrogen) atoms. The molecule has 0 spiro atoms. The second kappa shape index (κ2) is 3.82. The molecule has 0 N–H and O–H groups in total.